The van der Waals surface area contributed by atoms with Gasteiger partial charge in [0.2, 0.25) is 0 Å². The Balaban J connectivity index is 1.81. The van der Waals surface area contributed by atoms with E-state index in [1.165, 1.54) is 15.4 Å². The van der Waals surface area contributed by atoms with Crippen LogP contribution in [0.3, 0.4) is 0 Å². The number of likely N-dealkylation sites (N-methyl/N-ethyl adjacent to an activating group) is 1. The summed E-state index contributed by atoms with van der Waals surface area (Å²) in [4.78, 5) is 29.5. The number of nitrogens with zero attached hydrogens (tertiary/aromatic N) is 3. The van der Waals surface area contributed by atoms with E-state index in [4.69, 9.17) is 23.8 Å². The predicted molar refractivity (Wildman–Crippen MR) is 137 cm³/mol. The number of aryl methyl sites for hydroxylation is 2. The fourth-order valence-electron chi connectivity index (χ4n) is 4.05. The Labute approximate surface area is 203 Å². The van der Waals surface area contributed by atoms with Crippen LogP contribution < -0.4 is 4.90 Å². The van der Waals surface area contributed by atoms with Crippen molar-refractivity contribution >= 4 is 52.5 Å². The van der Waals surface area contributed by atoms with Crippen LogP contribution in [0.5, 0.6) is 0 Å². The molecule has 0 aliphatic carbocycles. The molecule has 0 unspecified atom stereocenters. The normalized spacial score (nSPS) is 15.7. The van der Waals surface area contributed by atoms with Gasteiger partial charge in [-0.3, -0.25) is 19.4 Å². The zero-order valence-electron chi connectivity index (χ0n) is 18.9. The minimum Gasteiger partial charge on any atom is -0.318 e. The van der Waals surface area contributed by atoms with Crippen molar-refractivity contribution in [2.45, 2.75) is 27.7 Å². The minimum atomic E-state index is -0.447. The van der Waals surface area contributed by atoms with E-state index in [-0.39, 0.29) is 10.7 Å². The lowest BCUT2D eigenvalue weighted by Gasteiger charge is -2.36. The quantitative estimate of drug-likeness (QED) is 0.278. The number of hydrogen-bond donors (Lipinski definition) is 0. The Morgan fingerprint density at radius 3 is 2.12 bits per heavy atom. The van der Waals surface area contributed by atoms with Gasteiger partial charge < -0.3 is 4.57 Å². The highest BCUT2D eigenvalue weighted by atomic mass is 35.5. The maximum Gasteiger partial charge on any atom is 0.270 e. The lowest BCUT2D eigenvalue weighted by atomic mass is 10.1. The molecular formula is C26H24ClN3O2S. The number of halogens is 1. The molecule has 7 heteroatoms. The first-order chi connectivity index (χ1) is 15.7. The van der Waals surface area contributed by atoms with Crippen molar-refractivity contribution in [2.24, 2.45) is 0 Å². The van der Waals surface area contributed by atoms with Gasteiger partial charge in [0.25, 0.3) is 11.8 Å². The zero-order valence-corrected chi connectivity index (χ0v) is 20.5. The van der Waals surface area contributed by atoms with Crippen LogP contribution in [0, 0.1) is 20.8 Å². The molecule has 4 rings (SSSR count). The van der Waals surface area contributed by atoms with E-state index in [1.807, 2.05) is 33.8 Å². The van der Waals surface area contributed by atoms with Gasteiger partial charge in [-0.2, -0.15) is 0 Å². The van der Waals surface area contributed by atoms with E-state index >= 15 is 0 Å². The highest BCUT2D eigenvalue weighted by Crippen LogP contribution is 2.29. The molecule has 2 heterocycles. The van der Waals surface area contributed by atoms with Gasteiger partial charge >= 0.3 is 0 Å². The molecule has 5 nitrogen and oxygen atoms in total. The van der Waals surface area contributed by atoms with Gasteiger partial charge in [-0.1, -0.05) is 29.3 Å². The van der Waals surface area contributed by atoms with Gasteiger partial charge in [-0.15, -0.1) is 0 Å². The average Bonchev–Trinajstić information content (AvgIpc) is 3.06. The molecule has 2 amide bonds. The molecule has 0 N–H and O–H groups in total. The highest BCUT2D eigenvalue weighted by Gasteiger charge is 2.39. The molecule has 0 atom stereocenters. The number of thiocarbonyl (C=S) groups is 1. The molecular weight excluding hydrogens is 454 g/mol. The van der Waals surface area contributed by atoms with Crippen LogP contribution in [0.15, 0.2) is 60.2 Å². The van der Waals surface area contributed by atoms with Crippen LogP contribution in [-0.4, -0.2) is 32.9 Å². The molecule has 0 radical (unpaired) electrons. The Morgan fingerprint density at radius 2 is 1.52 bits per heavy atom. The monoisotopic (exact) mass is 477 g/mol. The van der Waals surface area contributed by atoms with Crippen LogP contribution in [0.25, 0.3) is 11.8 Å². The van der Waals surface area contributed by atoms with E-state index < -0.39 is 11.8 Å². The summed E-state index contributed by atoms with van der Waals surface area (Å²) in [6.07, 6.45) is 1.67. The Hall–Kier alpha value is -3.22. The summed E-state index contributed by atoms with van der Waals surface area (Å²) in [6, 6.07) is 17.0. The molecule has 0 spiro atoms. The standard InChI is InChI=1S/C26H24ClN3O2S/c1-5-28-24(31)23(25(32)30(26(28)33)22-12-8-20(27)9-13-22)15-19-14-17(3)29(18(19)4)21-10-6-16(2)7-11-21/h6-15H,5H2,1-4H3/b23-15-. The van der Waals surface area contributed by atoms with Crippen molar-refractivity contribution in [1.29, 1.82) is 0 Å². The molecule has 2 aromatic carbocycles. The second-order valence-corrected chi connectivity index (χ2v) is 8.81. The van der Waals surface area contributed by atoms with Crippen molar-refractivity contribution in [3.05, 3.63) is 87.7 Å². The number of hydrogen-bond acceptors (Lipinski definition) is 3. The van der Waals surface area contributed by atoms with Crippen molar-refractivity contribution in [1.82, 2.24) is 9.47 Å². The SMILES string of the molecule is CCN1C(=O)/C(=C/c2cc(C)n(-c3ccc(C)cc3)c2C)C(=O)N(c2ccc(Cl)cc2)C1=S. The molecule has 168 valence electrons. The molecule has 1 aliphatic heterocycles. The zero-order chi connectivity index (χ0) is 23.9. The summed E-state index contributed by atoms with van der Waals surface area (Å²) < 4.78 is 2.11. The van der Waals surface area contributed by atoms with Crippen LogP contribution in [0.4, 0.5) is 5.69 Å². The van der Waals surface area contributed by atoms with Crippen molar-refractivity contribution in [3.8, 4) is 5.69 Å². The number of aromatic nitrogens is 1. The predicted octanol–water partition coefficient (Wildman–Crippen LogP) is 5.62. The second-order valence-electron chi connectivity index (χ2n) is 8.00. The fourth-order valence-corrected chi connectivity index (χ4v) is 4.58. The van der Waals surface area contributed by atoms with E-state index in [0.29, 0.717) is 17.3 Å². The average molecular weight is 478 g/mol. The molecule has 1 aromatic heterocycles. The summed E-state index contributed by atoms with van der Waals surface area (Å²) in [5.41, 5.74) is 5.61. The highest BCUT2D eigenvalue weighted by molar-refractivity contribution is 7.80. The van der Waals surface area contributed by atoms with Crippen LogP contribution in [0.2, 0.25) is 5.02 Å². The maximum atomic E-state index is 13.5. The number of carbonyl (C=O) groups excluding carboxylic acids is 2. The van der Waals surface area contributed by atoms with Gasteiger partial charge in [-0.05, 0) is 94.0 Å². The Bertz CT molecular complexity index is 1290. The first-order valence-electron chi connectivity index (χ1n) is 10.7. The topological polar surface area (TPSA) is 45.6 Å². The third-order valence-electron chi connectivity index (χ3n) is 5.79. The molecule has 0 bridgehead atoms. The second kappa shape index (κ2) is 8.96. The van der Waals surface area contributed by atoms with Gasteiger partial charge in [0.1, 0.15) is 5.57 Å². The molecule has 1 aliphatic rings. The van der Waals surface area contributed by atoms with Crippen molar-refractivity contribution in [3.63, 3.8) is 0 Å². The van der Waals surface area contributed by atoms with Crippen LogP contribution >= 0.6 is 23.8 Å². The summed E-state index contributed by atoms with van der Waals surface area (Å²) in [5.74, 6) is -0.838. The van der Waals surface area contributed by atoms with Gasteiger partial charge in [0.15, 0.2) is 5.11 Å². The van der Waals surface area contributed by atoms with E-state index in [2.05, 4.69) is 28.8 Å². The van der Waals surface area contributed by atoms with Crippen molar-refractivity contribution in [2.75, 3.05) is 11.4 Å². The maximum absolute atomic E-state index is 13.5. The summed E-state index contributed by atoms with van der Waals surface area (Å²) >= 11 is 11.5. The molecule has 0 saturated carbocycles. The van der Waals surface area contributed by atoms with Gasteiger partial charge in [-0.25, -0.2) is 0 Å². The van der Waals surface area contributed by atoms with Crippen LogP contribution in [-0.2, 0) is 9.59 Å². The number of rotatable bonds is 4. The third-order valence-corrected chi connectivity index (χ3v) is 6.45. The van der Waals surface area contributed by atoms with Crippen molar-refractivity contribution < 1.29 is 9.59 Å². The fraction of sp³-hybridized carbons (Fsp3) is 0.192. The minimum absolute atomic E-state index is 0.0737. The lowest BCUT2D eigenvalue weighted by molar-refractivity contribution is -0.127. The molecule has 3 aromatic rings. The number of anilines is 1. The van der Waals surface area contributed by atoms with E-state index in [1.54, 1.807) is 30.3 Å². The molecule has 1 saturated heterocycles. The van der Waals surface area contributed by atoms with Crippen LogP contribution in [0.1, 0.15) is 29.4 Å². The van der Waals surface area contributed by atoms with E-state index in [0.717, 1.165) is 22.6 Å². The number of benzene rings is 2. The first kappa shape index (κ1) is 23.0. The van der Waals surface area contributed by atoms with E-state index in [9.17, 15) is 9.59 Å². The lowest BCUT2D eigenvalue weighted by Crippen LogP contribution is -2.56. The Kier molecular flexibility index (Phi) is 6.23. The van der Waals surface area contributed by atoms with Gasteiger partial charge in [0.05, 0.1) is 5.69 Å². The summed E-state index contributed by atoms with van der Waals surface area (Å²) in [6.45, 7) is 8.23. The largest absolute Gasteiger partial charge is 0.318 e. The first-order valence-corrected chi connectivity index (χ1v) is 11.4. The number of amides is 2. The molecule has 33 heavy (non-hydrogen) atoms. The number of carbonyl (C=O) groups is 2. The smallest absolute Gasteiger partial charge is 0.270 e. The molecule has 1 fully saturated rings. The Morgan fingerprint density at radius 1 is 0.909 bits per heavy atom. The van der Waals surface area contributed by atoms with Gasteiger partial charge in [0, 0.05) is 28.6 Å². The summed E-state index contributed by atoms with van der Waals surface area (Å²) in [5, 5.41) is 0.717. The third kappa shape index (κ3) is 4.12. The summed E-state index contributed by atoms with van der Waals surface area (Å²) in [7, 11) is 0.